The maximum Gasteiger partial charge on any atom is 0.244 e. The van der Waals surface area contributed by atoms with E-state index in [1.807, 2.05) is 52.7 Å². The summed E-state index contributed by atoms with van der Waals surface area (Å²) in [5, 5.41) is 8.62. The quantitative estimate of drug-likeness (QED) is 0.697. The molecule has 6 nitrogen and oxygen atoms in total. The molecule has 1 atom stereocenters. The van der Waals surface area contributed by atoms with Gasteiger partial charge in [0.2, 0.25) is 5.91 Å². The Balaban J connectivity index is 1.47. The molecule has 146 valence electrons. The van der Waals surface area contributed by atoms with Gasteiger partial charge in [0.15, 0.2) is 5.65 Å². The Bertz CT molecular complexity index is 960. The Morgan fingerprint density at radius 3 is 2.50 bits per heavy atom. The van der Waals surface area contributed by atoms with Crippen LogP contribution in [-0.2, 0) is 4.79 Å². The minimum Gasteiger partial charge on any atom is -0.341 e. The summed E-state index contributed by atoms with van der Waals surface area (Å²) in [4.78, 5) is 17.0. The molecule has 28 heavy (non-hydrogen) atoms. The lowest BCUT2D eigenvalue weighted by atomic mass is 9.94. The lowest BCUT2D eigenvalue weighted by Gasteiger charge is -2.35. The summed E-state index contributed by atoms with van der Waals surface area (Å²) in [5.74, 6) is 1.01. The van der Waals surface area contributed by atoms with E-state index in [0.717, 1.165) is 29.9 Å². The fraction of sp³-hybridized carbons (Fsp3) is 0.381. The van der Waals surface area contributed by atoms with Gasteiger partial charge in [-0.05, 0) is 56.8 Å². The number of likely N-dealkylation sites (N-methyl/N-ethyl adjacent to an activating group) is 1. The molecule has 7 heteroatoms. The summed E-state index contributed by atoms with van der Waals surface area (Å²) in [7, 11) is 3.75. The van der Waals surface area contributed by atoms with Crippen molar-refractivity contribution in [3.05, 3.63) is 65.9 Å². The summed E-state index contributed by atoms with van der Waals surface area (Å²) >= 11 is 0. The van der Waals surface area contributed by atoms with Gasteiger partial charge in [-0.3, -0.25) is 14.1 Å². The van der Waals surface area contributed by atoms with Crippen LogP contribution in [0.4, 0.5) is 4.39 Å². The van der Waals surface area contributed by atoms with Crippen molar-refractivity contribution in [2.75, 3.05) is 27.2 Å². The maximum atomic E-state index is 13.3. The molecule has 3 heterocycles. The van der Waals surface area contributed by atoms with Crippen LogP contribution >= 0.6 is 0 Å². The molecule has 0 spiro atoms. The standard InChI is InChI=1S/C21H24FN5O/c1-25(2)19(15-6-8-17(22)9-7-15)21(28)26-13-10-16(11-14-26)20-24-23-18-5-3-4-12-27(18)20/h3-9,12,16,19H,10-11,13-14H2,1-2H3. The van der Waals surface area contributed by atoms with Gasteiger partial charge in [-0.15, -0.1) is 10.2 Å². The second kappa shape index (κ2) is 7.67. The molecule has 0 aliphatic carbocycles. The molecule has 0 radical (unpaired) electrons. The highest BCUT2D eigenvalue weighted by molar-refractivity contribution is 5.83. The Hall–Kier alpha value is -2.80. The first-order chi connectivity index (χ1) is 13.5. The number of hydrogen-bond donors (Lipinski definition) is 0. The number of likely N-dealkylation sites (tertiary alicyclic amines) is 1. The van der Waals surface area contributed by atoms with Crippen molar-refractivity contribution in [3.8, 4) is 0 Å². The molecule has 2 aromatic heterocycles. The van der Waals surface area contributed by atoms with E-state index < -0.39 is 6.04 Å². The number of hydrogen-bond acceptors (Lipinski definition) is 4. The molecule has 1 unspecified atom stereocenters. The lowest BCUT2D eigenvalue weighted by Crippen LogP contribution is -2.44. The van der Waals surface area contributed by atoms with Crippen LogP contribution in [0.2, 0.25) is 0 Å². The molecule has 1 aliphatic rings. The zero-order valence-corrected chi connectivity index (χ0v) is 16.1. The number of piperidine rings is 1. The molecule has 4 rings (SSSR count). The minimum atomic E-state index is -0.411. The van der Waals surface area contributed by atoms with Crippen molar-refractivity contribution in [1.29, 1.82) is 0 Å². The van der Waals surface area contributed by atoms with Crippen LogP contribution in [-0.4, -0.2) is 57.5 Å². The highest BCUT2D eigenvalue weighted by Crippen LogP contribution is 2.29. The largest absolute Gasteiger partial charge is 0.341 e. The molecule has 1 aliphatic heterocycles. The van der Waals surface area contributed by atoms with Gasteiger partial charge in [0, 0.05) is 25.2 Å². The van der Waals surface area contributed by atoms with Crippen molar-refractivity contribution < 1.29 is 9.18 Å². The third-order valence-corrected chi connectivity index (χ3v) is 5.45. The predicted molar refractivity (Wildman–Crippen MR) is 104 cm³/mol. The summed E-state index contributed by atoms with van der Waals surface area (Å²) in [5.41, 5.74) is 1.65. The van der Waals surface area contributed by atoms with Crippen molar-refractivity contribution in [2.24, 2.45) is 0 Å². The number of rotatable bonds is 4. The van der Waals surface area contributed by atoms with Gasteiger partial charge >= 0.3 is 0 Å². The van der Waals surface area contributed by atoms with Crippen LogP contribution in [0.25, 0.3) is 5.65 Å². The number of aromatic nitrogens is 3. The number of nitrogens with zero attached hydrogens (tertiary/aromatic N) is 5. The Labute approximate surface area is 163 Å². The molecule has 0 saturated carbocycles. The summed E-state index contributed by atoms with van der Waals surface area (Å²) < 4.78 is 15.3. The van der Waals surface area contributed by atoms with Crippen LogP contribution in [0.3, 0.4) is 0 Å². The van der Waals surface area contributed by atoms with E-state index in [-0.39, 0.29) is 17.6 Å². The molecular formula is C21H24FN5O. The molecular weight excluding hydrogens is 357 g/mol. The summed E-state index contributed by atoms with van der Waals surface area (Å²) in [6, 6.07) is 11.6. The van der Waals surface area contributed by atoms with E-state index in [4.69, 9.17) is 0 Å². The SMILES string of the molecule is CN(C)C(C(=O)N1CCC(c2nnc3ccccn23)CC1)c1ccc(F)cc1. The third kappa shape index (κ3) is 3.49. The molecule has 1 fully saturated rings. The zero-order valence-electron chi connectivity index (χ0n) is 16.1. The smallest absolute Gasteiger partial charge is 0.244 e. The number of halogens is 1. The summed E-state index contributed by atoms with van der Waals surface area (Å²) in [6.45, 7) is 1.35. The third-order valence-electron chi connectivity index (χ3n) is 5.45. The van der Waals surface area contributed by atoms with Gasteiger partial charge in [-0.2, -0.15) is 0 Å². The highest BCUT2D eigenvalue weighted by Gasteiger charge is 2.32. The number of carbonyl (C=O) groups excluding carboxylic acids is 1. The monoisotopic (exact) mass is 381 g/mol. The second-order valence-corrected chi connectivity index (χ2v) is 7.50. The minimum absolute atomic E-state index is 0.0566. The molecule has 1 amide bonds. The van der Waals surface area contributed by atoms with Crippen LogP contribution in [0.5, 0.6) is 0 Å². The van der Waals surface area contributed by atoms with Gasteiger partial charge in [0.05, 0.1) is 0 Å². The van der Waals surface area contributed by atoms with Gasteiger partial charge in [-0.25, -0.2) is 4.39 Å². The van der Waals surface area contributed by atoms with Crippen molar-refractivity contribution in [2.45, 2.75) is 24.8 Å². The first kappa shape index (κ1) is 18.6. The number of pyridine rings is 1. The topological polar surface area (TPSA) is 53.7 Å². The fourth-order valence-electron chi connectivity index (χ4n) is 3.98. The number of amides is 1. The summed E-state index contributed by atoms with van der Waals surface area (Å²) in [6.07, 6.45) is 3.69. The van der Waals surface area contributed by atoms with Crippen LogP contribution in [0, 0.1) is 5.82 Å². The fourth-order valence-corrected chi connectivity index (χ4v) is 3.98. The Kier molecular flexibility index (Phi) is 5.09. The number of carbonyl (C=O) groups is 1. The van der Waals surface area contributed by atoms with E-state index >= 15 is 0 Å². The lowest BCUT2D eigenvalue weighted by molar-refractivity contribution is -0.137. The zero-order chi connectivity index (χ0) is 19.7. The van der Waals surface area contributed by atoms with Crippen LogP contribution in [0.1, 0.15) is 36.2 Å². The van der Waals surface area contributed by atoms with Gasteiger partial charge in [0.1, 0.15) is 17.7 Å². The van der Waals surface area contributed by atoms with E-state index in [1.165, 1.54) is 12.1 Å². The average molecular weight is 381 g/mol. The Morgan fingerprint density at radius 1 is 1.11 bits per heavy atom. The van der Waals surface area contributed by atoms with Gasteiger partial charge in [0.25, 0.3) is 0 Å². The molecule has 0 N–H and O–H groups in total. The highest BCUT2D eigenvalue weighted by atomic mass is 19.1. The molecule has 0 bridgehead atoms. The Morgan fingerprint density at radius 2 is 1.82 bits per heavy atom. The van der Waals surface area contributed by atoms with E-state index in [1.54, 1.807) is 12.1 Å². The van der Waals surface area contributed by atoms with E-state index in [0.29, 0.717) is 13.1 Å². The predicted octanol–water partition coefficient (Wildman–Crippen LogP) is 2.88. The number of fused-ring (bicyclic) bond motifs is 1. The van der Waals surface area contributed by atoms with Crippen molar-refractivity contribution in [3.63, 3.8) is 0 Å². The first-order valence-electron chi connectivity index (χ1n) is 9.55. The van der Waals surface area contributed by atoms with E-state index in [2.05, 4.69) is 10.2 Å². The van der Waals surface area contributed by atoms with Crippen molar-refractivity contribution >= 4 is 11.6 Å². The van der Waals surface area contributed by atoms with Crippen LogP contribution < -0.4 is 0 Å². The molecule has 1 saturated heterocycles. The normalized spacial score (nSPS) is 16.6. The first-order valence-corrected chi connectivity index (χ1v) is 9.55. The second-order valence-electron chi connectivity index (χ2n) is 7.50. The molecule has 1 aromatic carbocycles. The van der Waals surface area contributed by atoms with Gasteiger partial charge in [-0.1, -0.05) is 18.2 Å². The van der Waals surface area contributed by atoms with Crippen LogP contribution in [0.15, 0.2) is 48.7 Å². The van der Waals surface area contributed by atoms with Gasteiger partial charge < -0.3 is 4.90 Å². The average Bonchev–Trinajstić information content (AvgIpc) is 3.13. The molecule has 3 aromatic rings. The van der Waals surface area contributed by atoms with Crippen molar-refractivity contribution in [1.82, 2.24) is 24.4 Å². The maximum absolute atomic E-state index is 13.3. The number of benzene rings is 1. The van der Waals surface area contributed by atoms with E-state index in [9.17, 15) is 9.18 Å².